The molecule has 4 N–H and O–H groups in total. The molecule has 0 aromatic carbocycles. The van der Waals surface area contributed by atoms with Gasteiger partial charge in [-0.1, -0.05) is 40.5 Å². The van der Waals surface area contributed by atoms with Crippen molar-refractivity contribution < 1.29 is 49.0 Å². The van der Waals surface area contributed by atoms with Gasteiger partial charge in [0.15, 0.2) is 12.4 Å². The van der Waals surface area contributed by atoms with Gasteiger partial charge in [-0.05, 0) is 92.3 Å². The average Bonchev–Trinajstić information content (AvgIpc) is 3.34. The first kappa shape index (κ1) is 36.0. The van der Waals surface area contributed by atoms with E-state index >= 15 is 0 Å². The van der Waals surface area contributed by atoms with E-state index in [1.54, 1.807) is 0 Å². The van der Waals surface area contributed by atoms with Gasteiger partial charge in [0.1, 0.15) is 12.2 Å². The predicted octanol–water partition coefficient (Wildman–Crippen LogP) is 4.13. The van der Waals surface area contributed by atoms with Crippen LogP contribution in [0.2, 0.25) is 0 Å². The van der Waals surface area contributed by atoms with Gasteiger partial charge >= 0.3 is 11.9 Å². The molecule has 1 saturated heterocycles. The van der Waals surface area contributed by atoms with Gasteiger partial charge in [-0.25, -0.2) is 0 Å². The molecule has 5 aliphatic rings. The Kier molecular flexibility index (Phi) is 10.9. The van der Waals surface area contributed by atoms with E-state index in [4.69, 9.17) is 18.9 Å². The van der Waals surface area contributed by atoms with Crippen molar-refractivity contribution in [1.82, 2.24) is 0 Å². The maximum absolute atomic E-state index is 12.3. The number of carbonyl (C=O) groups is 2. The first-order valence-corrected chi connectivity index (χ1v) is 17.9. The molecule has 15 atom stereocenters. The van der Waals surface area contributed by atoms with Crippen LogP contribution in [0.5, 0.6) is 0 Å². The lowest BCUT2D eigenvalue weighted by atomic mass is 9.42. The minimum atomic E-state index is -1.40. The molecule has 8 unspecified atom stereocenters. The quantitative estimate of drug-likeness (QED) is 0.200. The molecule has 0 bridgehead atoms. The second kappa shape index (κ2) is 13.9. The molecule has 0 aromatic rings. The number of esters is 2. The molecule has 1 heterocycles. The van der Waals surface area contributed by atoms with Gasteiger partial charge < -0.3 is 39.4 Å². The van der Waals surface area contributed by atoms with Gasteiger partial charge in [-0.3, -0.25) is 9.59 Å². The highest BCUT2D eigenvalue weighted by molar-refractivity contribution is 5.66. The maximum atomic E-state index is 12.3. The summed E-state index contributed by atoms with van der Waals surface area (Å²) in [5, 5.41) is 45.2. The van der Waals surface area contributed by atoms with Crippen LogP contribution in [0.15, 0.2) is 0 Å². The zero-order chi connectivity index (χ0) is 33.6. The first-order chi connectivity index (χ1) is 21.6. The highest BCUT2D eigenvalue weighted by Gasteiger charge is 2.67. The van der Waals surface area contributed by atoms with Crippen molar-refractivity contribution in [3.05, 3.63) is 0 Å². The second-order valence-electron chi connectivity index (χ2n) is 16.3. The van der Waals surface area contributed by atoms with Crippen LogP contribution in [0, 0.1) is 46.3 Å². The first-order valence-electron chi connectivity index (χ1n) is 17.9. The molecule has 1 aliphatic heterocycles. The van der Waals surface area contributed by atoms with E-state index in [9.17, 15) is 30.0 Å². The van der Waals surface area contributed by atoms with E-state index in [0.717, 1.165) is 25.7 Å². The number of aliphatic hydroxyl groups excluding tert-OH is 3. The Morgan fingerprint density at radius 2 is 1.67 bits per heavy atom. The molecule has 4 aliphatic carbocycles. The Labute approximate surface area is 274 Å². The summed E-state index contributed by atoms with van der Waals surface area (Å²) in [7, 11) is 0. The Morgan fingerprint density at radius 1 is 0.935 bits per heavy atom. The zero-order valence-electron chi connectivity index (χ0n) is 28.9. The summed E-state index contributed by atoms with van der Waals surface area (Å²) in [6.45, 7) is 12.3. The number of fused-ring (bicyclic) bond motifs is 5. The minimum Gasteiger partial charge on any atom is -0.466 e. The SMILES string of the molecule is CC(=O)OCC(C)CCC[C@@H](C)[C@H]1CCC2C3C[C@@H](O)[C@@]4(O)C[C@@H](OC5OCC(OC(C)=O)C(O)C5O)CC[C@]4(C)C3CC[C@@]21C. The van der Waals surface area contributed by atoms with Crippen molar-refractivity contribution >= 4 is 11.9 Å². The summed E-state index contributed by atoms with van der Waals surface area (Å²) in [6.07, 6.45) is 3.97. The molecule has 4 saturated carbocycles. The third kappa shape index (κ3) is 6.65. The van der Waals surface area contributed by atoms with E-state index in [1.165, 1.54) is 33.1 Å². The van der Waals surface area contributed by atoms with Gasteiger partial charge in [0.05, 0.1) is 31.0 Å². The molecule has 46 heavy (non-hydrogen) atoms. The Morgan fingerprint density at radius 3 is 2.37 bits per heavy atom. The van der Waals surface area contributed by atoms with E-state index in [2.05, 4.69) is 27.7 Å². The van der Waals surface area contributed by atoms with Crippen molar-refractivity contribution in [3.63, 3.8) is 0 Å². The van der Waals surface area contributed by atoms with Gasteiger partial charge in [-0.2, -0.15) is 0 Å². The van der Waals surface area contributed by atoms with E-state index in [-0.39, 0.29) is 24.4 Å². The number of hydrogen-bond donors (Lipinski definition) is 4. The van der Waals surface area contributed by atoms with Crippen molar-refractivity contribution in [2.24, 2.45) is 46.3 Å². The van der Waals surface area contributed by atoms with Crippen LogP contribution in [0.3, 0.4) is 0 Å². The topological polar surface area (TPSA) is 152 Å². The fraction of sp³-hybridized carbons (Fsp3) is 0.944. The standard InChI is InChI=1S/C36H60O10/c1-20(18-43-22(3)37)8-7-9-21(2)26-10-11-27-25-16-30(39)36(42)17-24(12-15-35(36,6)28(25)13-14-34(26,27)5)46-33-32(41)31(40)29(19-44-33)45-23(4)38/h20-21,24-33,39-42H,7-19H2,1-6H3/t20?,21-,24+,25?,26-,27?,28?,29?,30-,31?,32?,33?,34-,35-,36+/m1/s1. The fourth-order valence-electron chi connectivity index (χ4n) is 11.1. The van der Waals surface area contributed by atoms with Crippen molar-refractivity contribution in [2.75, 3.05) is 13.2 Å². The molecule has 0 radical (unpaired) electrons. The number of ether oxygens (including phenoxy) is 4. The van der Waals surface area contributed by atoms with Crippen LogP contribution in [0.1, 0.15) is 112 Å². The third-order valence-electron chi connectivity index (χ3n) is 13.6. The highest BCUT2D eigenvalue weighted by atomic mass is 16.7. The lowest BCUT2D eigenvalue weighted by Crippen LogP contribution is -2.69. The van der Waals surface area contributed by atoms with Gasteiger partial charge in [0.25, 0.3) is 0 Å². The number of carbonyl (C=O) groups excluding carboxylic acids is 2. The van der Waals surface area contributed by atoms with E-state index in [1.807, 2.05) is 0 Å². The Balaban J connectivity index is 1.20. The normalized spacial score (nSPS) is 46.7. The van der Waals surface area contributed by atoms with Crippen LogP contribution < -0.4 is 0 Å². The number of rotatable bonds is 10. The summed E-state index contributed by atoms with van der Waals surface area (Å²) in [5.41, 5.74) is -1.54. The van der Waals surface area contributed by atoms with Crippen molar-refractivity contribution in [3.8, 4) is 0 Å². The molecule has 10 nitrogen and oxygen atoms in total. The third-order valence-corrected chi connectivity index (χ3v) is 13.6. The van der Waals surface area contributed by atoms with Crippen molar-refractivity contribution in [1.29, 1.82) is 0 Å². The smallest absolute Gasteiger partial charge is 0.303 e. The molecule has 5 fully saturated rings. The monoisotopic (exact) mass is 652 g/mol. The second-order valence-corrected chi connectivity index (χ2v) is 16.3. The van der Waals surface area contributed by atoms with Crippen LogP contribution in [-0.4, -0.2) is 88.0 Å². The minimum absolute atomic E-state index is 0.0987. The summed E-state index contributed by atoms with van der Waals surface area (Å²) in [4.78, 5) is 22.5. The summed E-state index contributed by atoms with van der Waals surface area (Å²) in [6, 6.07) is 0. The molecular weight excluding hydrogens is 592 g/mol. The fourth-order valence-corrected chi connectivity index (χ4v) is 11.1. The number of hydrogen-bond acceptors (Lipinski definition) is 10. The number of aliphatic hydroxyl groups is 4. The molecular formula is C36H60O10. The van der Waals surface area contributed by atoms with Crippen LogP contribution in [-0.2, 0) is 28.5 Å². The summed E-state index contributed by atoms with van der Waals surface area (Å²) in [5.74, 6) is 2.07. The van der Waals surface area contributed by atoms with Gasteiger partial charge in [0.2, 0.25) is 0 Å². The van der Waals surface area contributed by atoms with Crippen LogP contribution in [0.25, 0.3) is 0 Å². The molecule has 0 aromatic heterocycles. The van der Waals surface area contributed by atoms with Crippen molar-refractivity contribution in [2.45, 2.75) is 155 Å². The average molecular weight is 653 g/mol. The Hall–Kier alpha value is -1.30. The maximum Gasteiger partial charge on any atom is 0.303 e. The Bertz CT molecular complexity index is 1090. The molecule has 264 valence electrons. The van der Waals surface area contributed by atoms with E-state index < -0.39 is 53.8 Å². The molecule has 0 amide bonds. The van der Waals surface area contributed by atoms with Gasteiger partial charge in [-0.15, -0.1) is 0 Å². The molecule has 5 rings (SSSR count). The highest BCUT2D eigenvalue weighted by Crippen LogP contribution is 2.69. The lowest BCUT2D eigenvalue weighted by Gasteiger charge is -2.65. The summed E-state index contributed by atoms with van der Waals surface area (Å²) >= 11 is 0. The van der Waals surface area contributed by atoms with Gasteiger partial charge in [0, 0.05) is 25.7 Å². The summed E-state index contributed by atoms with van der Waals surface area (Å²) < 4.78 is 22.1. The predicted molar refractivity (Wildman–Crippen MR) is 169 cm³/mol. The van der Waals surface area contributed by atoms with Crippen LogP contribution >= 0.6 is 0 Å². The largest absolute Gasteiger partial charge is 0.466 e. The van der Waals surface area contributed by atoms with Crippen LogP contribution in [0.4, 0.5) is 0 Å². The van der Waals surface area contributed by atoms with E-state index in [0.29, 0.717) is 61.4 Å². The lowest BCUT2D eigenvalue weighted by molar-refractivity contribution is -0.311. The molecule has 0 spiro atoms. The molecule has 10 heteroatoms. The zero-order valence-corrected chi connectivity index (χ0v) is 28.9.